The topological polar surface area (TPSA) is 53.5 Å². The van der Waals surface area contributed by atoms with E-state index in [0.29, 0.717) is 0 Å². The second-order valence-electron chi connectivity index (χ2n) is 5.63. The average Bonchev–Trinajstić information content (AvgIpc) is 3.25. The van der Waals surface area contributed by atoms with Crippen molar-refractivity contribution in [1.82, 2.24) is 29.3 Å². The zero-order chi connectivity index (χ0) is 21.9. The maximum absolute atomic E-state index is 4.76. The molecule has 4 rings (SSSR count). The summed E-state index contributed by atoms with van der Waals surface area (Å²) >= 11 is 20.9. The molecule has 0 aliphatic carbocycles. The van der Waals surface area contributed by atoms with Gasteiger partial charge in [0.2, 0.25) is 0 Å². The van der Waals surface area contributed by atoms with Crippen LogP contribution >= 0.6 is 203 Å². The Morgan fingerprint density at radius 3 is 0.833 bits per heavy atom. The van der Waals surface area contributed by atoms with E-state index in [1.54, 1.807) is 0 Å². The summed E-state index contributed by atoms with van der Waals surface area (Å²) in [4.78, 5) is 0. The Balaban J connectivity index is 2.02. The van der Waals surface area contributed by atoms with Crippen molar-refractivity contribution in [3.05, 3.63) is 51.1 Å². The highest BCUT2D eigenvalue weighted by Gasteiger charge is 2.20. The average molecular weight is 1410 g/mol. The van der Waals surface area contributed by atoms with Gasteiger partial charge in [-0.1, -0.05) is 0 Å². The van der Waals surface area contributed by atoms with Gasteiger partial charge in [0.1, 0.15) is 22.2 Å². The molecule has 0 spiro atoms. The first-order valence-corrected chi connectivity index (χ1v) is 17.3. The molecule has 0 N–H and O–H groups in total. The van der Waals surface area contributed by atoms with Crippen LogP contribution in [-0.4, -0.2) is 29.3 Å². The highest BCUT2D eigenvalue weighted by molar-refractivity contribution is 14.1. The third-order valence-corrected chi connectivity index (χ3v) is 18.3. The van der Waals surface area contributed by atoms with Crippen LogP contribution in [0.1, 0.15) is 0 Å². The Hall–Kier alpha value is 3.42. The molecule has 0 fully saturated rings. The second-order valence-corrected chi connectivity index (χ2v) is 15.0. The SMILES string of the molecule is Ic1nn(-c2cc(-n3nc(I)c(I)c3I)cc(-n3nc(I)c(I)c3I)c2)c(I)c1I. The van der Waals surface area contributed by atoms with Crippen LogP contribution in [0.2, 0.25) is 0 Å². The van der Waals surface area contributed by atoms with E-state index in [2.05, 4.69) is 222 Å². The summed E-state index contributed by atoms with van der Waals surface area (Å²) in [6, 6.07) is 6.37. The standard InChI is InChI=1S/C15H3I9N6/c16-7-10(19)25-28(13(7)22)4-1-5(29-14(23)8(17)11(20)26-29)3-6(2-4)30-15(24)9(18)12(21)27-30/h1-3H. The minimum absolute atomic E-state index is 0.973. The summed E-state index contributed by atoms with van der Waals surface area (Å²) in [5.74, 6) is 0. The molecule has 0 saturated heterocycles. The van der Waals surface area contributed by atoms with E-state index >= 15 is 0 Å². The van der Waals surface area contributed by atoms with Gasteiger partial charge in [-0.25, -0.2) is 14.0 Å². The highest BCUT2D eigenvalue weighted by atomic mass is 127. The quantitative estimate of drug-likeness (QED) is 0.198. The number of nitrogens with zero attached hydrogens (tertiary/aromatic N) is 6. The molecular weight excluding hydrogens is 1410 g/mol. The van der Waals surface area contributed by atoms with Gasteiger partial charge in [0.15, 0.2) is 0 Å². The first-order chi connectivity index (χ1) is 14.1. The Labute approximate surface area is 294 Å². The smallest absolute Gasteiger partial charge is 0.138 e. The molecule has 15 heteroatoms. The summed E-state index contributed by atoms with van der Waals surface area (Å²) in [5, 5.41) is 14.3. The van der Waals surface area contributed by atoms with Crippen molar-refractivity contribution in [2.45, 2.75) is 0 Å². The lowest BCUT2D eigenvalue weighted by Gasteiger charge is -2.13. The molecule has 1 aromatic carbocycles. The molecule has 3 aromatic heterocycles. The lowest BCUT2D eigenvalue weighted by Crippen LogP contribution is -2.08. The number of aromatic nitrogens is 6. The van der Waals surface area contributed by atoms with Crippen LogP contribution in [0.15, 0.2) is 18.2 Å². The maximum Gasteiger partial charge on any atom is 0.138 e. The van der Waals surface area contributed by atoms with E-state index in [1.165, 1.54) is 0 Å². The fraction of sp³-hybridized carbons (Fsp3) is 0. The number of hydrogen-bond donors (Lipinski definition) is 0. The Morgan fingerprint density at radius 1 is 0.433 bits per heavy atom. The van der Waals surface area contributed by atoms with Gasteiger partial charge in [-0.05, 0) is 222 Å². The van der Waals surface area contributed by atoms with Crippen molar-refractivity contribution in [1.29, 1.82) is 0 Å². The Bertz CT molecular complexity index is 1130. The first-order valence-electron chi connectivity index (χ1n) is 7.55. The van der Waals surface area contributed by atoms with Gasteiger partial charge >= 0.3 is 0 Å². The van der Waals surface area contributed by atoms with Crippen molar-refractivity contribution in [2.24, 2.45) is 0 Å². The lowest BCUT2D eigenvalue weighted by atomic mass is 10.2. The van der Waals surface area contributed by atoms with Gasteiger partial charge in [-0.2, -0.15) is 15.3 Å². The first kappa shape index (κ1) is 26.5. The summed E-state index contributed by atoms with van der Waals surface area (Å²) in [6.45, 7) is 0. The van der Waals surface area contributed by atoms with Crippen molar-refractivity contribution in [3.8, 4) is 17.1 Å². The number of halogens is 9. The minimum Gasteiger partial charge on any atom is -0.225 e. The lowest BCUT2D eigenvalue weighted by molar-refractivity contribution is 0.805. The fourth-order valence-corrected chi connectivity index (χ4v) is 8.42. The van der Waals surface area contributed by atoms with Crippen LogP contribution in [0.5, 0.6) is 0 Å². The predicted molar refractivity (Wildman–Crippen MR) is 192 cm³/mol. The van der Waals surface area contributed by atoms with E-state index in [1.807, 2.05) is 14.0 Å². The van der Waals surface area contributed by atoms with Gasteiger partial charge in [-0.3, -0.25) is 0 Å². The van der Waals surface area contributed by atoms with Crippen LogP contribution in [0.4, 0.5) is 0 Å². The molecule has 30 heavy (non-hydrogen) atoms. The van der Waals surface area contributed by atoms with E-state index in [9.17, 15) is 0 Å². The zero-order valence-electron chi connectivity index (χ0n) is 13.8. The zero-order valence-corrected chi connectivity index (χ0v) is 33.2. The Morgan fingerprint density at radius 2 is 0.667 bits per heavy atom. The van der Waals surface area contributed by atoms with E-state index in [-0.39, 0.29) is 0 Å². The molecule has 0 bridgehead atoms. The van der Waals surface area contributed by atoms with Crippen molar-refractivity contribution >= 4 is 203 Å². The largest absolute Gasteiger partial charge is 0.225 e. The Kier molecular flexibility index (Phi) is 9.54. The van der Waals surface area contributed by atoms with Crippen LogP contribution in [0.25, 0.3) is 17.1 Å². The highest BCUT2D eigenvalue weighted by Crippen LogP contribution is 2.31. The van der Waals surface area contributed by atoms with E-state index < -0.39 is 0 Å². The molecule has 6 nitrogen and oxygen atoms in total. The van der Waals surface area contributed by atoms with Gasteiger partial charge in [-0.15, -0.1) is 0 Å². The van der Waals surface area contributed by atoms with Gasteiger partial charge in [0.25, 0.3) is 0 Å². The summed E-state index contributed by atoms with van der Waals surface area (Å²) in [6.07, 6.45) is 0. The fourth-order valence-electron chi connectivity index (χ4n) is 2.52. The van der Waals surface area contributed by atoms with E-state index in [4.69, 9.17) is 15.3 Å². The van der Waals surface area contributed by atoms with Gasteiger partial charge in [0, 0.05) is 0 Å². The molecule has 4 aromatic rings. The van der Waals surface area contributed by atoms with Crippen LogP contribution in [-0.2, 0) is 0 Å². The van der Waals surface area contributed by atoms with E-state index in [0.717, 1.165) is 50.0 Å². The molecule has 0 aliphatic rings. The molecule has 0 amide bonds. The van der Waals surface area contributed by atoms with Crippen molar-refractivity contribution in [3.63, 3.8) is 0 Å². The molecule has 0 saturated carbocycles. The molecular formula is C15H3I9N6. The molecule has 0 radical (unpaired) electrons. The number of hydrogen-bond acceptors (Lipinski definition) is 3. The molecule has 156 valence electrons. The normalized spacial score (nSPS) is 11.5. The monoisotopic (exact) mass is 1410 g/mol. The predicted octanol–water partition coefficient (Wildman–Crippen LogP) is 7.69. The van der Waals surface area contributed by atoms with Crippen molar-refractivity contribution < 1.29 is 0 Å². The molecule has 0 atom stereocenters. The third kappa shape index (κ3) is 5.11. The van der Waals surface area contributed by atoms with Crippen LogP contribution in [0.3, 0.4) is 0 Å². The second kappa shape index (κ2) is 10.8. The number of benzene rings is 1. The molecule has 0 aliphatic heterocycles. The molecule has 0 unspecified atom stereocenters. The summed E-state index contributed by atoms with van der Waals surface area (Å²) in [5.41, 5.74) is 2.92. The molecule has 3 heterocycles. The minimum atomic E-state index is 0.973. The summed E-state index contributed by atoms with van der Waals surface area (Å²) < 4.78 is 15.6. The van der Waals surface area contributed by atoms with Crippen LogP contribution in [0, 0.1) is 32.9 Å². The van der Waals surface area contributed by atoms with Crippen LogP contribution < -0.4 is 0 Å². The maximum atomic E-state index is 4.76. The third-order valence-electron chi connectivity index (χ3n) is 3.83. The van der Waals surface area contributed by atoms with Gasteiger partial charge < -0.3 is 0 Å². The van der Waals surface area contributed by atoms with Gasteiger partial charge in [0.05, 0.1) is 27.8 Å². The summed E-state index contributed by atoms with van der Waals surface area (Å²) in [7, 11) is 0. The van der Waals surface area contributed by atoms with Crippen molar-refractivity contribution in [2.75, 3.05) is 0 Å². The number of rotatable bonds is 3.